The lowest BCUT2D eigenvalue weighted by molar-refractivity contribution is -0.120. The van der Waals surface area contributed by atoms with Crippen molar-refractivity contribution in [3.8, 4) is 0 Å². The van der Waals surface area contributed by atoms with Crippen molar-refractivity contribution in [1.29, 1.82) is 0 Å². The number of benzene rings is 1. The molecule has 2 rings (SSSR count). The van der Waals surface area contributed by atoms with Gasteiger partial charge in [0.15, 0.2) is 0 Å². The van der Waals surface area contributed by atoms with Crippen LogP contribution in [0.15, 0.2) is 28.7 Å². The van der Waals surface area contributed by atoms with E-state index in [1.807, 2.05) is 24.3 Å². The predicted molar refractivity (Wildman–Crippen MR) is 71.6 cm³/mol. The summed E-state index contributed by atoms with van der Waals surface area (Å²) >= 11 is 3.37. The molecular formula is C13H17BrN2O. The predicted octanol–water partition coefficient (Wildman–Crippen LogP) is 1.85. The molecule has 0 spiro atoms. The maximum atomic E-state index is 11.7. The fourth-order valence-electron chi connectivity index (χ4n) is 1.77. The Balaban J connectivity index is 1.74. The van der Waals surface area contributed by atoms with Crippen LogP contribution in [-0.2, 0) is 11.2 Å². The second kappa shape index (κ2) is 5.65. The van der Waals surface area contributed by atoms with Crippen molar-refractivity contribution in [3.05, 3.63) is 34.3 Å². The molecule has 1 amide bonds. The van der Waals surface area contributed by atoms with Crippen LogP contribution in [0.2, 0.25) is 0 Å². The average molecular weight is 297 g/mol. The number of carbonyl (C=O) groups is 1. The third-order valence-electron chi connectivity index (χ3n) is 3.04. The summed E-state index contributed by atoms with van der Waals surface area (Å²) in [6, 6.07) is 7.91. The molecule has 0 radical (unpaired) electrons. The molecule has 1 atom stereocenters. The maximum Gasteiger partial charge on any atom is 0.224 e. The summed E-state index contributed by atoms with van der Waals surface area (Å²) in [6.45, 7) is 0.597. The molecule has 3 nitrogen and oxygen atoms in total. The maximum absolute atomic E-state index is 11.7. The number of rotatable bonds is 5. The Hall–Kier alpha value is -0.870. The molecule has 92 valence electrons. The zero-order valence-corrected chi connectivity index (χ0v) is 11.2. The molecule has 1 aliphatic carbocycles. The van der Waals surface area contributed by atoms with Crippen molar-refractivity contribution in [2.24, 2.45) is 11.7 Å². The van der Waals surface area contributed by atoms with E-state index in [0.717, 1.165) is 10.0 Å². The van der Waals surface area contributed by atoms with Crippen LogP contribution in [0.3, 0.4) is 0 Å². The number of hydrogen-bond acceptors (Lipinski definition) is 2. The van der Waals surface area contributed by atoms with Crippen molar-refractivity contribution in [1.82, 2.24) is 5.32 Å². The van der Waals surface area contributed by atoms with Crippen molar-refractivity contribution < 1.29 is 4.79 Å². The highest BCUT2D eigenvalue weighted by Gasteiger charge is 2.28. The van der Waals surface area contributed by atoms with Gasteiger partial charge in [-0.25, -0.2) is 0 Å². The van der Waals surface area contributed by atoms with E-state index in [-0.39, 0.29) is 11.9 Å². The lowest BCUT2D eigenvalue weighted by Gasteiger charge is -2.11. The van der Waals surface area contributed by atoms with Gasteiger partial charge in [-0.2, -0.15) is 0 Å². The molecule has 0 bridgehead atoms. The van der Waals surface area contributed by atoms with E-state index in [4.69, 9.17) is 5.73 Å². The van der Waals surface area contributed by atoms with Crippen LogP contribution < -0.4 is 11.1 Å². The van der Waals surface area contributed by atoms with Crippen LogP contribution in [0.25, 0.3) is 0 Å². The zero-order valence-electron chi connectivity index (χ0n) is 9.66. The molecule has 17 heavy (non-hydrogen) atoms. The van der Waals surface area contributed by atoms with E-state index in [0.29, 0.717) is 18.9 Å². The molecular weight excluding hydrogens is 280 g/mol. The lowest BCUT2D eigenvalue weighted by Crippen LogP contribution is -2.39. The van der Waals surface area contributed by atoms with Crippen LogP contribution in [0.5, 0.6) is 0 Å². The lowest BCUT2D eigenvalue weighted by atomic mass is 10.1. The Labute approximate surface area is 110 Å². The van der Waals surface area contributed by atoms with Crippen LogP contribution in [0, 0.1) is 5.92 Å². The minimum Gasteiger partial charge on any atom is -0.354 e. The first-order valence-electron chi connectivity index (χ1n) is 5.92. The zero-order chi connectivity index (χ0) is 12.3. The van der Waals surface area contributed by atoms with Gasteiger partial charge in [0.2, 0.25) is 5.91 Å². The quantitative estimate of drug-likeness (QED) is 0.871. The Morgan fingerprint density at radius 2 is 2.06 bits per heavy atom. The van der Waals surface area contributed by atoms with Crippen molar-refractivity contribution in [3.63, 3.8) is 0 Å². The van der Waals surface area contributed by atoms with Gasteiger partial charge in [0.1, 0.15) is 0 Å². The van der Waals surface area contributed by atoms with Gasteiger partial charge in [-0.3, -0.25) is 4.79 Å². The van der Waals surface area contributed by atoms with E-state index in [1.165, 1.54) is 12.8 Å². The fraction of sp³-hybridized carbons (Fsp3) is 0.462. The highest BCUT2D eigenvalue weighted by Crippen LogP contribution is 2.31. The third-order valence-corrected chi connectivity index (χ3v) is 3.57. The SMILES string of the molecule is NC(CNC(=O)Cc1ccc(Br)cc1)C1CC1. The largest absolute Gasteiger partial charge is 0.354 e. The Morgan fingerprint density at radius 1 is 1.41 bits per heavy atom. The van der Waals surface area contributed by atoms with E-state index >= 15 is 0 Å². The van der Waals surface area contributed by atoms with Gasteiger partial charge >= 0.3 is 0 Å². The molecule has 0 aromatic heterocycles. The van der Waals surface area contributed by atoms with Crippen LogP contribution >= 0.6 is 15.9 Å². The average Bonchev–Trinajstić information content (AvgIpc) is 3.13. The Bertz CT molecular complexity index is 387. The molecule has 1 aromatic carbocycles. The summed E-state index contributed by atoms with van der Waals surface area (Å²) in [5.41, 5.74) is 6.94. The van der Waals surface area contributed by atoms with Gasteiger partial charge in [-0.15, -0.1) is 0 Å². The number of nitrogens with one attached hydrogen (secondary N) is 1. The van der Waals surface area contributed by atoms with E-state index in [2.05, 4.69) is 21.2 Å². The molecule has 1 unspecified atom stereocenters. The third kappa shape index (κ3) is 4.13. The van der Waals surface area contributed by atoms with Gasteiger partial charge in [0, 0.05) is 17.1 Å². The molecule has 4 heteroatoms. The van der Waals surface area contributed by atoms with Gasteiger partial charge in [0.05, 0.1) is 6.42 Å². The number of nitrogens with two attached hydrogens (primary N) is 1. The minimum absolute atomic E-state index is 0.0448. The summed E-state index contributed by atoms with van der Waals surface area (Å²) in [6.07, 6.45) is 2.85. The standard InChI is InChI=1S/C13H17BrN2O/c14-11-5-1-9(2-6-11)7-13(17)16-8-12(15)10-3-4-10/h1-2,5-6,10,12H,3-4,7-8,15H2,(H,16,17). The molecule has 1 fully saturated rings. The molecule has 0 saturated heterocycles. The minimum atomic E-state index is 0.0448. The number of hydrogen-bond donors (Lipinski definition) is 2. The smallest absolute Gasteiger partial charge is 0.224 e. The van der Waals surface area contributed by atoms with Crippen LogP contribution in [0.1, 0.15) is 18.4 Å². The Morgan fingerprint density at radius 3 is 2.65 bits per heavy atom. The molecule has 3 N–H and O–H groups in total. The normalized spacial score (nSPS) is 16.6. The summed E-state index contributed by atoms with van der Waals surface area (Å²) in [5.74, 6) is 0.673. The van der Waals surface area contributed by atoms with E-state index in [1.54, 1.807) is 0 Å². The highest BCUT2D eigenvalue weighted by molar-refractivity contribution is 9.10. The molecule has 1 saturated carbocycles. The van der Waals surface area contributed by atoms with Gasteiger partial charge in [-0.05, 0) is 36.5 Å². The first-order chi connectivity index (χ1) is 8.15. The van der Waals surface area contributed by atoms with Gasteiger partial charge in [-0.1, -0.05) is 28.1 Å². The topological polar surface area (TPSA) is 55.1 Å². The van der Waals surface area contributed by atoms with Crippen LogP contribution in [0.4, 0.5) is 0 Å². The monoisotopic (exact) mass is 296 g/mol. The summed E-state index contributed by atoms with van der Waals surface area (Å²) in [5, 5.41) is 2.89. The second-order valence-corrected chi connectivity index (χ2v) is 5.52. The molecule has 1 aromatic rings. The van der Waals surface area contributed by atoms with Crippen molar-refractivity contribution >= 4 is 21.8 Å². The van der Waals surface area contributed by atoms with Crippen LogP contribution in [-0.4, -0.2) is 18.5 Å². The summed E-state index contributed by atoms with van der Waals surface area (Å²) in [4.78, 5) is 11.7. The molecule has 1 aliphatic rings. The first kappa shape index (κ1) is 12.6. The molecule has 0 heterocycles. The number of carbonyl (C=O) groups excluding carboxylic acids is 1. The van der Waals surface area contributed by atoms with Crippen molar-refractivity contribution in [2.45, 2.75) is 25.3 Å². The fourth-order valence-corrected chi connectivity index (χ4v) is 2.04. The number of halogens is 1. The first-order valence-corrected chi connectivity index (χ1v) is 6.71. The molecule has 0 aliphatic heterocycles. The van der Waals surface area contributed by atoms with Gasteiger partial charge in [0.25, 0.3) is 0 Å². The second-order valence-electron chi connectivity index (χ2n) is 4.61. The summed E-state index contributed by atoms with van der Waals surface area (Å²) < 4.78 is 1.03. The van der Waals surface area contributed by atoms with E-state index < -0.39 is 0 Å². The van der Waals surface area contributed by atoms with Gasteiger partial charge < -0.3 is 11.1 Å². The van der Waals surface area contributed by atoms with E-state index in [9.17, 15) is 4.79 Å². The highest BCUT2D eigenvalue weighted by atomic mass is 79.9. The number of amides is 1. The Kier molecular flexibility index (Phi) is 4.18. The van der Waals surface area contributed by atoms with Crippen molar-refractivity contribution in [2.75, 3.05) is 6.54 Å². The summed E-state index contributed by atoms with van der Waals surface area (Å²) in [7, 11) is 0.